The number of carboxylic acid groups (broad SMARTS) is 1. The molecule has 0 aromatic carbocycles. The van der Waals surface area contributed by atoms with E-state index in [0.717, 1.165) is 0 Å². The quantitative estimate of drug-likeness (QED) is 0.334. The van der Waals surface area contributed by atoms with E-state index in [-0.39, 0.29) is 32.5 Å². The zero-order chi connectivity index (χ0) is 18.4. The van der Waals surface area contributed by atoms with Crippen molar-refractivity contribution in [2.45, 2.75) is 25.7 Å². The first-order chi connectivity index (χ1) is 10.6. The van der Waals surface area contributed by atoms with E-state index in [1.807, 2.05) is 0 Å². The monoisotopic (exact) mass is 337 g/mol. The Morgan fingerprint density at radius 2 is 1.39 bits per heavy atom. The normalized spacial score (nSPS) is 12.5. The predicted octanol–water partition coefficient (Wildman–Crippen LogP) is -2.55. The Morgan fingerprint density at radius 1 is 1.00 bits per heavy atom. The first-order valence-corrected chi connectivity index (χ1v) is 6.20. The summed E-state index contributed by atoms with van der Waals surface area (Å²) in [5.74, 6) is -3.21. The summed E-state index contributed by atoms with van der Waals surface area (Å²) in [6.45, 7) is -0.250. The molecule has 0 aliphatic carbocycles. The van der Waals surface area contributed by atoms with Gasteiger partial charge in [0.1, 0.15) is 0 Å². The fraction of sp³-hybridized carbons (Fsp3) is 0.545. The molecule has 1 aliphatic rings. The fourth-order valence-electron chi connectivity index (χ4n) is 1.01. The number of hydrogen-bond donors (Lipinski definition) is 5. The number of aliphatic carboxylic acids is 1. The lowest BCUT2D eigenvalue weighted by Crippen LogP contribution is -2.32. The number of carboxylic acids is 1. The van der Waals surface area contributed by atoms with Crippen LogP contribution in [0.2, 0.25) is 0 Å². The summed E-state index contributed by atoms with van der Waals surface area (Å²) in [7, 11) is 0. The van der Waals surface area contributed by atoms with Gasteiger partial charge in [-0.05, 0) is 0 Å². The molecule has 0 bridgehead atoms. The van der Waals surface area contributed by atoms with Gasteiger partial charge in [0, 0.05) is 12.8 Å². The van der Waals surface area contributed by atoms with Gasteiger partial charge in [-0.15, -0.1) is 5.06 Å². The van der Waals surface area contributed by atoms with Gasteiger partial charge in [0.25, 0.3) is 11.8 Å². The number of nitrogens with zero attached hydrogens (tertiary/aromatic N) is 1. The maximum absolute atomic E-state index is 11.0. The largest absolute Gasteiger partial charge is 0.481 e. The van der Waals surface area contributed by atoms with Crippen LogP contribution in [0.15, 0.2) is 0 Å². The Labute approximate surface area is 130 Å². The van der Waals surface area contributed by atoms with Crippen molar-refractivity contribution in [2.24, 2.45) is 11.5 Å². The number of imide groups is 1. The molecule has 0 aromatic rings. The van der Waals surface area contributed by atoms with Crippen LogP contribution < -0.4 is 11.5 Å². The van der Waals surface area contributed by atoms with E-state index in [1.54, 1.807) is 0 Å². The van der Waals surface area contributed by atoms with Gasteiger partial charge in [-0.25, -0.2) is 9.59 Å². The molecule has 4 amide bonds. The Balaban J connectivity index is 0. The molecule has 0 radical (unpaired) electrons. The van der Waals surface area contributed by atoms with Crippen molar-refractivity contribution in [3.63, 3.8) is 0 Å². The smallest absolute Gasteiger partial charge is 0.333 e. The summed E-state index contributed by atoms with van der Waals surface area (Å²) in [6.07, 6.45) is -0.725. The van der Waals surface area contributed by atoms with E-state index in [4.69, 9.17) is 20.1 Å². The molecule has 0 spiro atoms. The van der Waals surface area contributed by atoms with Crippen LogP contribution in [0.5, 0.6) is 0 Å². The van der Waals surface area contributed by atoms with Crippen LogP contribution in [0.1, 0.15) is 25.7 Å². The molecule has 0 aromatic heterocycles. The molecule has 1 saturated heterocycles. The minimum Gasteiger partial charge on any atom is -0.481 e. The number of urea groups is 1. The molecule has 1 heterocycles. The number of rotatable bonds is 5. The van der Waals surface area contributed by atoms with Gasteiger partial charge in [0.05, 0.1) is 26.1 Å². The van der Waals surface area contributed by atoms with E-state index in [9.17, 15) is 19.2 Å². The zero-order valence-electron chi connectivity index (χ0n) is 12.1. The van der Waals surface area contributed by atoms with Crippen LogP contribution in [0.25, 0.3) is 0 Å². The number of carbonyl (C=O) groups is 5. The number of aliphatic hydroxyl groups is 2. The van der Waals surface area contributed by atoms with Gasteiger partial charge in [-0.2, -0.15) is 0 Å². The molecular formula is C11H19N3O9. The minimum atomic E-state index is -1.15. The number of aliphatic hydroxyl groups excluding tert-OH is 2. The van der Waals surface area contributed by atoms with Gasteiger partial charge < -0.3 is 31.6 Å². The molecule has 7 N–H and O–H groups in total. The molecule has 23 heavy (non-hydrogen) atoms. The van der Waals surface area contributed by atoms with Gasteiger partial charge in [0.15, 0.2) is 0 Å². The molecule has 12 heteroatoms. The second kappa shape index (κ2) is 13.0. The highest BCUT2D eigenvalue weighted by molar-refractivity contribution is 6.01. The first kappa shape index (κ1) is 22.5. The Bertz CT molecular complexity index is 416. The second-order valence-corrected chi connectivity index (χ2v) is 3.79. The number of carbonyl (C=O) groups excluding carboxylic acids is 4. The summed E-state index contributed by atoms with van der Waals surface area (Å²) < 4.78 is 0. The Morgan fingerprint density at radius 3 is 1.70 bits per heavy atom. The third-order valence-corrected chi connectivity index (χ3v) is 1.84. The van der Waals surface area contributed by atoms with Crippen LogP contribution in [0.4, 0.5) is 4.79 Å². The van der Waals surface area contributed by atoms with Crippen LogP contribution in [0, 0.1) is 0 Å². The van der Waals surface area contributed by atoms with Gasteiger partial charge >= 0.3 is 18.0 Å². The average Bonchev–Trinajstić information content (AvgIpc) is 2.76. The number of hydrogen-bond acceptors (Lipinski definition) is 8. The number of nitrogens with two attached hydrogens (primary N) is 2. The predicted molar refractivity (Wildman–Crippen MR) is 72.0 cm³/mol. The van der Waals surface area contributed by atoms with Crippen LogP contribution in [-0.4, -0.2) is 63.4 Å². The minimum absolute atomic E-state index is 0.0189. The third-order valence-electron chi connectivity index (χ3n) is 1.84. The van der Waals surface area contributed by atoms with Gasteiger partial charge in [0.2, 0.25) is 0 Å². The SMILES string of the molecule is NC(N)=O.O=C(O)CCC(=O)ON1C(=O)CCC1=O.OCCO. The van der Waals surface area contributed by atoms with Crippen molar-refractivity contribution in [2.75, 3.05) is 13.2 Å². The fourth-order valence-corrected chi connectivity index (χ4v) is 1.01. The molecule has 132 valence electrons. The van der Waals surface area contributed by atoms with Crippen molar-refractivity contribution in [3.05, 3.63) is 0 Å². The van der Waals surface area contributed by atoms with Crippen molar-refractivity contribution in [1.29, 1.82) is 0 Å². The molecule has 0 atom stereocenters. The van der Waals surface area contributed by atoms with E-state index >= 15 is 0 Å². The maximum atomic E-state index is 11.0. The summed E-state index contributed by atoms with van der Waals surface area (Å²) in [4.78, 5) is 56.4. The maximum Gasteiger partial charge on any atom is 0.333 e. The second-order valence-electron chi connectivity index (χ2n) is 3.79. The highest BCUT2D eigenvalue weighted by Gasteiger charge is 2.32. The van der Waals surface area contributed by atoms with Crippen LogP contribution in [0.3, 0.4) is 0 Å². The first-order valence-electron chi connectivity index (χ1n) is 6.20. The van der Waals surface area contributed by atoms with E-state index in [0.29, 0.717) is 5.06 Å². The van der Waals surface area contributed by atoms with E-state index in [2.05, 4.69) is 16.3 Å². The summed E-state index contributed by atoms with van der Waals surface area (Å²) in [5, 5.41) is 23.9. The Kier molecular flexibility index (Phi) is 12.7. The highest BCUT2D eigenvalue weighted by Crippen LogP contribution is 2.12. The third kappa shape index (κ3) is 14.0. The summed E-state index contributed by atoms with van der Waals surface area (Å²) in [6, 6.07) is -0.833. The van der Waals surface area contributed by atoms with E-state index in [1.165, 1.54) is 0 Å². The van der Waals surface area contributed by atoms with Gasteiger partial charge in [-0.3, -0.25) is 14.4 Å². The lowest BCUT2D eigenvalue weighted by atomic mass is 10.3. The molecule has 0 saturated carbocycles. The van der Waals surface area contributed by atoms with Crippen molar-refractivity contribution < 1.29 is 44.1 Å². The van der Waals surface area contributed by atoms with Crippen molar-refractivity contribution in [1.82, 2.24) is 5.06 Å². The lowest BCUT2D eigenvalue weighted by Gasteiger charge is -2.11. The van der Waals surface area contributed by atoms with Crippen LogP contribution >= 0.6 is 0 Å². The molecule has 12 nitrogen and oxygen atoms in total. The molecule has 1 aliphatic heterocycles. The van der Waals surface area contributed by atoms with Crippen molar-refractivity contribution in [3.8, 4) is 0 Å². The highest BCUT2D eigenvalue weighted by atomic mass is 16.7. The average molecular weight is 337 g/mol. The lowest BCUT2D eigenvalue weighted by molar-refractivity contribution is -0.197. The summed E-state index contributed by atoms with van der Waals surface area (Å²) in [5.41, 5.74) is 8.50. The van der Waals surface area contributed by atoms with E-state index < -0.39 is 36.2 Å². The number of hydroxylamine groups is 2. The van der Waals surface area contributed by atoms with Gasteiger partial charge in [-0.1, -0.05) is 0 Å². The van der Waals surface area contributed by atoms with Crippen LogP contribution in [-0.2, 0) is 24.0 Å². The Hall–Kier alpha value is -2.73. The molecule has 1 rings (SSSR count). The number of amides is 4. The standard InChI is InChI=1S/C8H9NO6.C2H6O2.CH4N2O/c10-5-1-2-6(11)9(5)15-8(14)4-3-7(12)13;3-1-2-4;2-1(3)4/h1-4H2,(H,12,13);3-4H,1-2H2;(H4,2,3,4). The molecular weight excluding hydrogens is 318 g/mol. The molecule has 0 unspecified atom stereocenters. The zero-order valence-corrected chi connectivity index (χ0v) is 12.1. The summed E-state index contributed by atoms with van der Waals surface area (Å²) >= 11 is 0. The van der Waals surface area contributed by atoms with Crippen molar-refractivity contribution >= 4 is 29.8 Å². The number of primary amides is 2. The molecule has 1 fully saturated rings. The topological polar surface area (TPSA) is 211 Å².